The molecule has 4 heteroatoms. The van der Waals surface area contributed by atoms with Gasteiger partial charge in [0.25, 0.3) is 0 Å². The third kappa shape index (κ3) is 3.28. The third-order valence-corrected chi connectivity index (χ3v) is 3.13. The van der Waals surface area contributed by atoms with Gasteiger partial charge in [0.2, 0.25) is 0 Å². The summed E-state index contributed by atoms with van der Waals surface area (Å²) in [4.78, 5) is 11.3. The van der Waals surface area contributed by atoms with E-state index in [9.17, 15) is 9.00 Å². The van der Waals surface area contributed by atoms with Crippen LogP contribution in [0, 0.1) is 0 Å². The van der Waals surface area contributed by atoms with Gasteiger partial charge in [-0.25, -0.2) is 0 Å². The Balaban J connectivity index is 2.78. The molecule has 2 nitrogen and oxygen atoms in total. The summed E-state index contributed by atoms with van der Waals surface area (Å²) in [6.45, 7) is 1.42. The van der Waals surface area contributed by atoms with Crippen molar-refractivity contribution < 1.29 is 9.00 Å². The van der Waals surface area contributed by atoms with Crippen LogP contribution in [0.2, 0.25) is 5.02 Å². The second-order valence-electron chi connectivity index (χ2n) is 2.65. The Morgan fingerprint density at radius 1 is 1.38 bits per heavy atom. The van der Waals surface area contributed by atoms with E-state index < -0.39 is 10.8 Å². The van der Waals surface area contributed by atoms with Gasteiger partial charge in [0, 0.05) is 9.92 Å². The van der Waals surface area contributed by atoms with E-state index in [1.54, 1.807) is 24.3 Å². The summed E-state index contributed by atoms with van der Waals surface area (Å²) in [6, 6.07) is 6.66. The molecule has 70 valence electrons. The quantitative estimate of drug-likeness (QED) is 0.775. The van der Waals surface area contributed by atoms with Gasteiger partial charge in [-0.3, -0.25) is 9.00 Å². The van der Waals surface area contributed by atoms with Crippen molar-refractivity contribution in [2.24, 2.45) is 0 Å². The van der Waals surface area contributed by atoms with Crippen molar-refractivity contribution in [1.29, 1.82) is 0 Å². The summed E-state index contributed by atoms with van der Waals surface area (Å²) in [6.07, 6.45) is 0. The molecule has 0 bridgehead atoms. The van der Waals surface area contributed by atoms with Crippen molar-refractivity contribution >= 4 is 28.2 Å². The van der Waals surface area contributed by atoms with Crippen LogP contribution in [0.15, 0.2) is 29.2 Å². The highest BCUT2D eigenvalue weighted by molar-refractivity contribution is 7.85. The van der Waals surface area contributed by atoms with E-state index in [1.165, 1.54) is 6.92 Å². The average molecular weight is 217 g/mol. The molecule has 1 aromatic rings. The lowest BCUT2D eigenvalue weighted by Gasteiger charge is -1.98. The SMILES string of the molecule is CC(=O)CS(=O)c1ccc(Cl)cc1. The van der Waals surface area contributed by atoms with Gasteiger partial charge in [-0.2, -0.15) is 0 Å². The minimum Gasteiger partial charge on any atom is -0.299 e. The number of halogens is 1. The maximum absolute atomic E-state index is 11.4. The number of hydrogen-bond donors (Lipinski definition) is 0. The molecule has 0 saturated heterocycles. The molecule has 0 spiro atoms. The van der Waals surface area contributed by atoms with Gasteiger partial charge >= 0.3 is 0 Å². The van der Waals surface area contributed by atoms with Gasteiger partial charge in [0.05, 0.1) is 16.6 Å². The summed E-state index contributed by atoms with van der Waals surface area (Å²) < 4.78 is 11.4. The molecule has 0 heterocycles. The lowest BCUT2D eigenvalue weighted by atomic mass is 10.4. The number of Topliss-reactive ketones (excluding diaryl/α,β-unsaturated/α-hetero) is 1. The second-order valence-corrected chi connectivity index (χ2v) is 4.53. The van der Waals surface area contributed by atoms with Crippen LogP contribution < -0.4 is 0 Å². The van der Waals surface area contributed by atoms with Crippen LogP contribution in [0.4, 0.5) is 0 Å². The smallest absolute Gasteiger partial charge is 0.142 e. The van der Waals surface area contributed by atoms with Crippen LogP contribution >= 0.6 is 11.6 Å². The predicted octanol–water partition coefficient (Wildman–Crippen LogP) is 2.04. The maximum atomic E-state index is 11.4. The summed E-state index contributed by atoms with van der Waals surface area (Å²) in [5.41, 5.74) is 0. The number of rotatable bonds is 3. The van der Waals surface area contributed by atoms with E-state index in [-0.39, 0.29) is 11.5 Å². The molecule has 0 aromatic heterocycles. The zero-order valence-corrected chi connectivity index (χ0v) is 8.69. The van der Waals surface area contributed by atoms with E-state index in [1.807, 2.05) is 0 Å². The fourth-order valence-corrected chi connectivity index (χ4v) is 1.96. The van der Waals surface area contributed by atoms with Crippen LogP contribution in [0.3, 0.4) is 0 Å². The summed E-state index contributed by atoms with van der Waals surface area (Å²) in [5, 5.41) is 0.601. The molecule has 13 heavy (non-hydrogen) atoms. The number of ketones is 1. The third-order valence-electron chi connectivity index (χ3n) is 1.41. The fourth-order valence-electron chi connectivity index (χ4n) is 0.854. The molecule has 0 aliphatic rings. The topological polar surface area (TPSA) is 34.1 Å². The average Bonchev–Trinajstić information content (AvgIpc) is 2.04. The number of carbonyl (C=O) groups excluding carboxylic acids is 1. The predicted molar refractivity (Wildman–Crippen MR) is 53.4 cm³/mol. The van der Waals surface area contributed by atoms with Crippen molar-refractivity contribution in [3.63, 3.8) is 0 Å². The molecule has 0 radical (unpaired) electrons. The Labute approximate surface area is 84.4 Å². The highest BCUT2D eigenvalue weighted by Crippen LogP contribution is 2.12. The van der Waals surface area contributed by atoms with Gasteiger partial charge in [-0.05, 0) is 31.2 Å². The Bertz CT molecular complexity index is 332. The van der Waals surface area contributed by atoms with Gasteiger partial charge in [-0.1, -0.05) is 11.6 Å². The van der Waals surface area contributed by atoms with E-state index in [0.717, 1.165) is 0 Å². The molecule has 0 aliphatic heterocycles. The Morgan fingerprint density at radius 3 is 2.38 bits per heavy atom. The van der Waals surface area contributed by atoms with Crippen LogP contribution in [0.5, 0.6) is 0 Å². The number of carbonyl (C=O) groups is 1. The van der Waals surface area contributed by atoms with Gasteiger partial charge in [0.1, 0.15) is 5.78 Å². The van der Waals surface area contributed by atoms with Crippen molar-refractivity contribution in [3.05, 3.63) is 29.3 Å². The van der Waals surface area contributed by atoms with Crippen molar-refractivity contribution in [3.8, 4) is 0 Å². The van der Waals surface area contributed by atoms with Crippen LogP contribution in [0.1, 0.15) is 6.92 Å². The first-order chi connectivity index (χ1) is 6.09. The summed E-state index contributed by atoms with van der Waals surface area (Å²) in [7, 11) is -1.23. The molecular weight excluding hydrogens is 208 g/mol. The van der Waals surface area contributed by atoms with E-state index in [2.05, 4.69) is 0 Å². The van der Waals surface area contributed by atoms with Gasteiger partial charge in [0.15, 0.2) is 0 Å². The van der Waals surface area contributed by atoms with Crippen molar-refractivity contribution in [2.75, 3.05) is 5.75 Å². The van der Waals surface area contributed by atoms with Gasteiger partial charge < -0.3 is 0 Å². The molecule has 1 rings (SSSR count). The normalized spacial score (nSPS) is 12.5. The Hall–Kier alpha value is -0.670. The molecule has 1 aromatic carbocycles. The molecule has 0 saturated carbocycles. The largest absolute Gasteiger partial charge is 0.299 e. The first kappa shape index (κ1) is 10.4. The summed E-state index contributed by atoms with van der Waals surface area (Å²) >= 11 is 5.66. The number of hydrogen-bond acceptors (Lipinski definition) is 2. The lowest BCUT2D eigenvalue weighted by molar-refractivity contribution is -0.114. The zero-order chi connectivity index (χ0) is 9.84. The standard InChI is InChI=1S/C9H9ClO2S/c1-7(11)6-13(12)9-4-2-8(10)3-5-9/h2-5H,6H2,1H3. The number of benzene rings is 1. The highest BCUT2D eigenvalue weighted by atomic mass is 35.5. The molecular formula is C9H9ClO2S. The van der Waals surface area contributed by atoms with E-state index in [0.29, 0.717) is 9.92 Å². The van der Waals surface area contributed by atoms with E-state index >= 15 is 0 Å². The minimum absolute atomic E-state index is 0.0711. The molecule has 0 amide bonds. The summed E-state index contributed by atoms with van der Waals surface area (Å²) in [5.74, 6) is -0.00460. The molecule has 1 unspecified atom stereocenters. The van der Waals surface area contributed by atoms with Gasteiger partial charge in [-0.15, -0.1) is 0 Å². The van der Waals surface area contributed by atoms with Crippen LogP contribution in [0.25, 0.3) is 0 Å². The van der Waals surface area contributed by atoms with Crippen molar-refractivity contribution in [2.45, 2.75) is 11.8 Å². The van der Waals surface area contributed by atoms with Crippen LogP contribution in [-0.4, -0.2) is 15.7 Å². The first-order valence-corrected chi connectivity index (χ1v) is 5.42. The first-order valence-electron chi connectivity index (χ1n) is 3.73. The monoisotopic (exact) mass is 216 g/mol. The Morgan fingerprint density at radius 2 is 1.92 bits per heavy atom. The van der Waals surface area contributed by atoms with E-state index in [4.69, 9.17) is 11.6 Å². The highest BCUT2D eigenvalue weighted by Gasteiger charge is 2.05. The molecule has 0 fully saturated rings. The molecule has 1 atom stereocenters. The fraction of sp³-hybridized carbons (Fsp3) is 0.222. The molecule has 0 aliphatic carbocycles. The minimum atomic E-state index is -1.23. The van der Waals surface area contributed by atoms with Crippen molar-refractivity contribution in [1.82, 2.24) is 0 Å². The second kappa shape index (κ2) is 4.53. The maximum Gasteiger partial charge on any atom is 0.142 e. The zero-order valence-electron chi connectivity index (χ0n) is 7.12. The Kier molecular flexibility index (Phi) is 3.63. The lowest BCUT2D eigenvalue weighted by Crippen LogP contribution is -2.06. The molecule has 0 N–H and O–H groups in total. The van der Waals surface area contributed by atoms with Crippen LogP contribution in [-0.2, 0) is 15.6 Å².